The predicted octanol–water partition coefficient (Wildman–Crippen LogP) is 0.912. The number of rotatable bonds is 3. The van der Waals surface area contributed by atoms with E-state index in [1.54, 1.807) is 17.2 Å². The Morgan fingerprint density at radius 3 is 2.65 bits per heavy atom. The van der Waals surface area contributed by atoms with Crippen molar-refractivity contribution in [3.05, 3.63) is 39.9 Å². The first-order valence-corrected chi connectivity index (χ1v) is 4.97. The Labute approximate surface area is 99.2 Å². The molecular weight excluding hydrogens is 218 g/mol. The van der Waals surface area contributed by atoms with Crippen molar-refractivity contribution >= 4 is 12.0 Å². The highest BCUT2D eigenvalue weighted by Crippen LogP contribution is 2.02. The number of nitriles is 1. The van der Waals surface area contributed by atoms with Gasteiger partial charge in [-0.05, 0) is 13.0 Å². The molecule has 88 valence electrons. The van der Waals surface area contributed by atoms with Crippen LogP contribution in [0, 0.1) is 11.3 Å². The summed E-state index contributed by atoms with van der Waals surface area (Å²) in [5.41, 5.74) is -0.138. The first-order valence-electron chi connectivity index (χ1n) is 4.97. The van der Waals surface area contributed by atoms with Gasteiger partial charge in [-0.3, -0.25) is 14.2 Å². The van der Waals surface area contributed by atoms with Gasteiger partial charge in [0, 0.05) is 38.3 Å². The Kier molecular flexibility index (Phi) is 3.83. The summed E-state index contributed by atoms with van der Waals surface area (Å²) >= 11 is 0. The van der Waals surface area contributed by atoms with E-state index < -0.39 is 5.56 Å². The van der Waals surface area contributed by atoms with Crippen molar-refractivity contribution in [3.63, 3.8) is 0 Å². The molecule has 0 atom stereocenters. The lowest BCUT2D eigenvalue weighted by Crippen LogP contribution is -2.20. The van der Waals surface area contributed by atoms with Crippen LogP contribution in [0.2, 0.25) is 0 Å². The average Bonchev–Trinajstić information content (AvgIpc) is 2.27. The third-order valence-corrected chi connectivity index (χ3v) is 2.10. The molecule has 5 nitrogen and oxygen atoms in total. The fraction of sp³-hybridized carbons (Fsp3) is 0.250. The van der Waals surface area contributed by atoms with E-state index in [9.17, 15) is 9.59 Å². The molecule has 0 aliphatic rings. The van der Waals surface area contributed by atoms with E-state index in [1.165, 1.54) is 30.0 Å². The molecule has 17 heavy (non-hydrogen) atoms. The number of nitrogens with zero attached hydrogens (tertiary/aromatic N) is 3. The summed E-state index contributed by atoms with van der Waals surface area (Å²) in [6.07, 6.45) is 4.59. The largest absolute Gasteiger partial charge is 0.382 e. The van der Waals surface area contributed by atoms with E-state index in [1.807, 2.05) is 14.1 Å². The smallest absolute Gasteiger partial charge is 0.272 e. The molecule has 1 rings (SSSR count). The number of ketones is 1. The number of carbonyl (C=O) groups is 1. The van der Waals surface area contributed by atoms with Crippen LogP contribution in [-0.4, -0.2) is 29.3 Å². The van der Waals surface area contributed by atoms with E-state index >= 15 is 0 Å². The van der Waals surface area contributed by atoms with Crippen LogP contribution < -0.4 is 5.56 Å². The molecule has 0 saturated heterocycles. The summed E-state index contributed by atoms with van der Waals surface area (Å²) in [7, 11) is 3.61. The highest BCUT2D eigenvalue weighted by atomic mass is 16.1. The molecule has 0 spiro atoms. The van der Waals surface area contributed by atoms with Crippen LogP contribution in [0.15, 0.2) is 23.3 Å². The van der Waals surface area contributed by atoms with E-state index in [-0.39, 0.29) is 11.3 Å². The van der Waals surface area contributed by atoms with Gasteiger partial charge in [0.25, 0.3) is 5.56 Å². The van der Waals surface area contributed by atoms with Gasteiger partial charge >= 0.3 is 0 Å². The van der Waals surface area contributed by atoms with Gasteiger partial charge in [-0.15, -0.1) is 0 Å². The highest BCUT2D eigenvalue weighted by Gasteiger charge is 2.07. The Bertz CT molecular complexity index is 562. The topological polar surface area (TPSA) is 66.1 Å². The minimum atomic E-state index is -0.435. The molecular formula is C12H13N3O2. The summed E-state index contributed by atoms with van der Waals surface area (Å²) in [6, 6.07) is 3.10. The fourth-order valence-corrected chi connectivity index (χ4v) is 1.19. The second kappa shape index (κ2) is 5.12. The second-order valence-electron chi connectivity index (χ2n) is 3.78. The van der Waals surface area contributed by atoms with Gasteiger partial charge < -0.3 is 4.90 Å². The Hall–Kier alpha value is -2.35. The van der Waals surface area contributed by atoms with Gasteiger partial charge in [-0.2, -0.15) is 5.26 Å². The lowest BCUT2D eigenvalue weighted by atomic mass is 10.1. The van der Waals surface area contributed by atoms with Gasteiger partial charge in [0.15, 0.2) is 5.78 Å². The SMILES string of the molecule is CC(=O)c1cc(C#N)c(=O)n(C=CN(C)C)c1. The number of pyridine rings is 1. The van der Waals surface area contributed by atoms with Crippen LogP contribution in [0.5, 0.6) is 0 Å². The quantitative estimate of drug-likeness (QED) is 0.725. The Balaban J connectivity index is 3.39. The van der Waals surface area contributed by atoms with E-state index in [2.05, 4.69) is 0 Å². The zero-order valence-electron chi connectivity index (χ0n) is 9.97. The molecule has 0 aliphatic carbocycles. The molecule has 0 bridgehead atoms. The van der Waals surface area contributed by atoms with E-state index in [0.717, 1.165) is 0 Å². The maximum atomic E-state index is 11.7. The molecule has 0 aromatic carbocycles. The molecule has 1 heterocycles. The molecule has 0 fully saturated rings. The number of hydrogen-bond donors (Lipinski definition) is 0. The van der Waals surface area contributed by atoms with Crippen molar-refractivity contribution in [2.75, 3.05) is 14.1 Å². The molecule has 0 saturated carbocycles. The van der Waals surface area contributed by atoms with E-state index in [4.69, 9.17) is 5.26 Å². The van der Waals surface area contributed by atoms with Crippen molar-refractivity contribution in [3.8, 4) is 6.07 Å². The van der Waals surface area contributed by atoms with Crippen molar-refractivity contribution in [1.29, 1.82) is 5.26 Å². The zero-order valence-corrected chi connectivity index (χ0v) is 9.97. The van der Waals surface area contributed by atoms with Crippen LogP contribution in [0.4, 0.5) is 0 Å². The molecule has 1 aromatic heterocycles. The molecule has 1 aromatic rings. The van der Waals surface area contributed by atoms with Gasteiger partial charge in [0.2, 0.25) is 0 Å². The minimum Gasteiger partial charge on any atom is -0.382 e. The van der Waals surface area contributed by atoms with Crippen LogP contribution in [-0.2, 0) is 0 Å². The maximum absolute atomic E-state index is 11.7. The normalized spacial score (nSPS) is 10.2. The second-order valence-corrected chi connectivity index (χ2v) is 3.78. The third-order valence-electron chi connectivity index (χ3n) is 2.10. The van der Waals surface area contributed by atoms with Gasteiger partial charge in [-0.25, -0.2) is 0 Å². The van der Waals surface area contributed by atoms with E-state index in [0.29, 0.717) is 5.56 Å². The molecule has 0 radical (unpaired) electrons. The Morgan fingerprint density at radius 2 is 2.18 bits per heavy atom. The summed E-state index contributed by atoms with van der Waals surface area (Å²) in [5, 5.41) is 8.82. The van der Waals surface area contributed by atoms with Crippen molar-refractivity contribution in [1.82, 2.24) is 9.47 Å². The summed E-state index contributed by atoms with van der Waals surface area (Å²) < 4.78 is 1.23. The molecule has 0 amide bonds. The number of aromatic nitrogens is 1. The van der Waals surface area contributed by atoms with Crippen LogP contribution in [0.1, 0.15) is 22.8 Å². The lowest BCUT2D eigenvalue weighted by molar-refractivity contribution is 0.101. The van der Waals surface area contributed by atoms with Crippen molar-refractivity contribution < 1.29 is 4.79 Å². The van der Waals surface area contributed by atoms with Gasteiger partial charge in [0.05, 0.1) is 0 Å². The number of hydrogen-bond acceptors (Lipinski definition) is 4. The third kappa shape index (κ3) is 3.05. The Morgan fingerprint density at radius 1 is 1.53 bits per heavy atom. The number of carbonyl (C=O) groups excluding carboxylic acids is 1. The van der Waals surface area contributed by atoms with Crippen LogP contribution in [0.25, 0.3) is 6.20 Å². The minimum absolute atomic E-state index is 0.0406. The number of Topliss-reactive ketones (excluding diaryl/α,β-unsaturated/α-hetero) is 1. The van der Waals surface area contributed by atoms with Crippen molar-refractivity contribution in [2.45, 2.75) is 6.92 Å². The molecule has 0 unspecified atom stereocenters. The molecule has 5 heteroatoms. The standard InChI is InChI=1S/C12H13N3O2/c1-9(16)11-6-10(7-13)12(17)15(8-11)5-4-14(2)3/h4-6,8H,1-3H3. The summed E-state index contributed by atoms with van der Waals surface area (Å²) in [5.74, 6) is -0.187. The average molecular weight is 231 g/mol. The maximum Gasteiger partial charge on any atom is 0.272 e. The molecule has 0 N–H and O–H groups in total. The fourth-order valence-electron chi connectivity index (χ4n) is 1.19. The van der Waals surface area contributed by atoms with Crippen LogP contribution >= 0.6 is 0 Å². The first-order chi connectivity index (χ1) is 7.95. The summed E-state index contributed by atoms with van der Waals surface area (Å²) in [6.45, 7) is 1.39. The van der Waals surface area contributed by atoms with Gasteiger partial charge in [-0.1, -0.05) is 0 Å². The molecule has 0 aliphatic heterocycles. The van der Waals surface area contributed by atoms with Gasteiger partial charge in [0.1, 0.15) is 11.6 Å². The van der Waals surface area contributed by atoms with Crippen LogP contribution in [0.3, 0.4) is 0 Å². The highest BCUT2D eigenvalue weighted by molar-refractivity contribution is 5.94. The summed E-state index contributed by atoms with van der Waals surface area (Å²) in [4.78, 5) is 24.8. The zero-order chi connectivity index (χ0) is 13.0. The monoisotopic (exact) mass is 231 g/mol. The predicted molar refractivity (Wildman–Crippen MR) is 64.4 cm³/mol. The first kappa shape index (κ1) is 12.7. The lowest BCUT2D eigenvalue weighted by Gasteiger charge is -2.06. The van der Waals surface area contributed by atoms with Crippen molar-refractivity contribution in [2.24, 2.45) is 0 Å².